The molecule has 2 aromatic heterocycles. The van der Waals surface area contributed by atoms with E-state index >= 15 is 0 Å². The highest BCUT2D eigenvalue weighted by molar-refractivity contribution is 7.11. The molecule has 5 heteroatoms. The average Bonchev–Trinajstić information content (AvgIpc) is 2.73. The first-order chi connectivity index (χ1) is 7.79. The third-order valence-corrected chi connectivity index (χ3v) is 2.98. The van der Waals surface area contributed by atoms with Crippen LogP contribution in [0.3, 0.4) is 0 Å². The van der Waals surface area contributed by atoms with Crippen molar-refractivity contribution in [3.8, 4) is 6.07 Å². The van der Waals surface area contributed by atoms with Crippen LogP contribution in [0.5, 0.6) is 0 Å². The zero-order chi connectivity index (χ0) is 11.4. The molecule has 0 spiro atoms. The number of nitrogens with zero attached hydrogens (tertiary/aromatic N) is 3. The van der Waals surface area contributed by atoms with E-state index in [2.05, 4.69) is 21.4 Å². The maximum Gasteiger partial charge on any atom is 0.101 e. The summed E-state index contributed by atoms with van der Waals surface area (Å²) >= 11 is 1.64. The van der Waals surface area contributed by atoms with Gasteiger partial charge in [-0.25, -0.2) is 4.98 Å². The Bertz CT molecular complexity index is 527. The second kappa shape index (κ2) is 4.73. The molecule has 0 bridgehead atoms. The van der Waals surface area contributed by atoms with Crippen molar-refractivity contribution in [2.75, 3.05) is 5.32 Å². The number of hydrogen-bond donors (Lipinski definition) is 1. The van der Waals surface area contributed by atoms with Gasteiger partial charge in [-0.3, -0.25) is 4.98 Å². The second-order valence-corrected chi connectivity index (χ2v) is 4.55. The lowest BCUT2D eigenvalue weighted by molar-refractivity contribution is 1.15. The van der Waals surface area contributed by atoms with Crippen molar-refractivity contribution in [3.05, 3.63) is 40.1 Å². The molecule has 0 saturated carbocycles. The summed E-state index contributed by atoms with van der Waals surface area (Å²) in [6.07, 6.45) is 5.11. The molecule has 0 saturated heterocycles. The van der Waals surface area contributed by atoms with Gasteiger partial charge in [0, 0.05) is 17.3 Å². The number of anilines is 1. The number of rotatable bonds is 3. The largest absolute Gasteiger partial charge is 0.378 e. The maximum atomic E-state index is 8.89. The van der Waals surface area contributed by atoms with Crippen molar-refractivity contribution in [2.24, 2.45) is 0 Å². The molecule has 0 radical (unpaired) electrons. The fourth-order valence-electron chi connectivity index (χ4n) is 1.30. The zero-order valence-corrected chi connectivity index (χ0v) is 9.58. The predicted molar refractivity (Wildman–Crippen MR) is 63.1 cm³/mol. The topological polar surface area (TPSA) is 61.6 Å². The van der Waals surface area contributed by atoms with Crippen LogP contribution in [0.2, 0.25) is 0 Å². The van der Waals surface area contributed by atoms with Crippen molar-refractivity contribution < 1.29 is 0 Å². The molecule has 80 valence electrons. The molecular formula is C11H10N4S. The Kier molecular flexibility index (Phi) is 3.13. The van der Waals surface area contributed by atoms with Crippen molar-refractivity contribution >= 4 is 17.0 Å². The van der Waals surface area contributed by atoms with Crippen LogP contribution in [0.15, 0.2) is 24.7 Å². The summed E-state index contributed by atoms with van der Waals surface area (Å²) < 4.78 is 0. The summed E-state index contributed by atoms with van der Waals surface area (Å²) in [5.41, 5.74) is 1.37. The molecule has 0 amide bonds. The van der Waals surface area contributed by atoms with Crippen molar-refractivity contribution in [1.82, 2.24) is 9.97 Å². The van der Waals surface area contributed by atoms with E-state index in [-0.39, 0.29) is 0 Å². The van der Waals surface area contributed by atoms with Gasteiger partial charge in [-0.05, 0) is 13.0 Å². The SMILES string of the molecule is Cc1ncc(CNc2cnccc2C#N)s1. The predicted octanol–water partition coefficient (Wildman–Crippen LogP) is 2.33. The highest BCUT2D eigenvalue weighted by atomic mass is 32.1. The van der Waals surface area contributed by atoms with E-state index in [9.17, 15) is 0 Å². The summed E-state index contributed by atoms with van der Waals surface area (Å²) in [6.45, 7) is 2.64. The lowest BCUT2D eigenvalue weighted by Crippen LogP contribution is -2.00. The van der Waals surface area contributed by atoms with E-state index in [1.807, 2.05) is 13.1 Å². The molecule has 1 N–H and O–H groups in total. The molecule has 16 heavy (non-hydrogen) atoms. The molecule has 0 unspecified atom stereocenters. The molecule has 2 rings (SSSR count). The minimum atomic E-state index is 0.608. The number of pyridine rings is 1. The van der Waals surface area contributed by atoms with E-state index in [4.69, 9.17) is 5.26 Å². The van der Waals surface area contributed by atoms with Crippen LogP contribution < -0.4 is 5.32 Å². The number of thiazole rings is 1. The Morgan fingerprint density at radius 2 is 2.38 bits per heavy atom. The van der Waals surface area contributed by atoms with Gasteiger partial charge in [-0.1, -0.05) is 0 Å². The number of nitrogens with one attached hydrogen (secondary N) is 1. The average molecular weight is 230 g/mol. The smallest absolute Gasteiger partial charge is 0.101 e. The van der Waals surface area contributed by atoms with Gasteiger partial charge in [-0.2, -0.15) is 5.26 Å². The standard InChI is InChI=1S/C11H10N4S/c1-8-14-5-10(16-8)6-15-11-7-13-3-2-9(11)4-12/h2-3,5,7,15H,6H2,1H3. The van der Waals surface area contributed by atoms with Gasteiger partial charge in [0.2, 0.25) is 0 Å². The lowest BCUT2D eigenvalue weighted by Gasteiger charge is -2.04. The van der Waals surface area contributed by atoms with E-state index < -0.39 is 0 Å². The molecule has 0 aromatic carbocycles. The van der Waals surface area contributed by atoms with E-state index in [1.54, 1.807) is 29.8 Å². The third kappa shape index (κ3) is 2.35. The Morgan fingerprint density at radius 1 is 1.50 bits per heavy atom. The number of aromatic nitrogens is 2. The van der Waals surface area contributed by atoms with Gasteiger partial charge in [0.1, 0.15) is 6.07 Å². The summed E-state index contributed by atoms with van der Waals surface area (Å²) in [6, 6.07) is 3.82. The van der Waals surface area contributed by atoms with E-state index in [1.165, 1.54) is 0 Å². The Labute approximate surface area is 97.6 Å². The highest BCUT2D eigenvalue weighted by Gasteiger charge is 2.02. The summed E-state index contributed by atoms with van der Waals surface area (Å²) in [7, 11) is 0. The monoisotopic (exact) mass is 230 g/mol. The van der Waals surface area contributed by atoms with E-state index in [0.29, 0.717) is 12.1 Å². The van der Waals surface area contributed by atoms with Crippen LogP contribution >= 0.6 is 11.3 Å². The molecule has 0 aliphatic carbocycles. The molecule has 0 aliphatic rings. The molecule has 0 atom stereocenters. The van der Waals surface area contributed by atoms with Gasteiger partial charge in [-0.15, -0.1) is 11.3 Å². The Hall–Kier alpha value is -1.93. The van der Waals surface area contributed by atoms with Crippen molar-refractivity contribution in [3.63, 3.8) is 0 Å². The Balaban J connectivity index is 2.08. The first kappa shape index (κ1) is 10.6. The maximum absolute atomic E-state index is 8.89. The van der Waals surface area contributed by atoms with Crippen molar-refractivity contribution in [1.29, 1.82) is 5.26 Å². The first-order valence-electron chi connectivity index (χ1n) is 4.79. The molecule has 0 fully saturated rings. The van der Waals surface area contributed by atoms with Gasteiger partial charge in [0.05, 0.1) is 29.0 Å². The highest BCUT2D eigenvalue weighted by Crippen LogP contribution is 2.16. The molecular weight excluding hydrogens is 220 g/mol. The van der Waals surface area contributed by atoms with Crippen molar-refractivity contribution in [2.45, 2.75) is 13.5 Å². The lowest BCUT2D eigenvalue weighted by atomic mass is 10.2. The fourth-order valence-corrected chi connectivity index (χ4v) is 2.04. The Morgan fingerprint density at radius 3 is 3.06 bits per heavy atom. The molecule has 0 aliphatic heterocycles. The third-order valence-electron chi connectivity index (χ3n) is 2.06. The van der Waals surface area contributed by atoms with Crippen LogP contribution in [0, 0.1) is 18.3 Å². The molecule has 4 nitrogen and oxygen atoms in total. The van der Waals surface area contributed by atoms with Crippen LogP contribution in [0.25, 0.3) is 0 Å². The van der Waals surface area contributed by atoms with Gasteiger partial charge in [0.25, 0.3) is 0 Å². The minimum Gasteiger partial charge on any atom is -0.378 e. The van der Waals surface area contributed by atoms with Crippen LogP contribution in [-0.4, -0.2) is 9.97 Å². The zero-order valence-electron chi connectivity index (χ0n) is 8.77. The fraction of sp³-hybridized carbons (Fsp3) is 0.182. The quantitative estimate of drug-likeness (QED) is 0.879. The second-order valence-electron chi connectivity index (χ2n) is 3.23. The summed E-state index contributed by atoms with van der Waals surface area (Å²) in [5.74, 6) is 0. The number of hydrogen-bond acceptors (Lipinski definition) is 5. The van der Waals surface area contributed by atoms with Crippen LogP contribution in [0.1, 0.15) is 15.4 Å². The van der Waals surface area contributed by atoms with Crippen LogP contribution in [-0.2, 0) is 6.54 Å². The summed E-state index contributed by atoms with van der Waals surface area (Å²) in [4.78, 5) is 9.30. The number of aryl methyl sites for hydroxylation is 1. The minimum absolute atomic E-state index is 0.608. The van der Waals surface area contributed by atoms with E-state index in [0.717, 1.165) is 15.6 Å². The molecule has 2 aromatic rings. The van der Waals surface area contributed by atoms with Gasteiger partial charge in [0.15, 0.2) is 0 Å². The van der Waals surface area contributed by atoms with Gasteiger partial charge < -0.3 is 5.32 Å². The number of nitriles is 1. The first-order valence-corrected chi connectivity index (χ1v) is 5.60. The molecule has 2 heterocycles. The van der Waals surface area contributed by atoms with Gasteiger partial charge >= 0.3 is 0 Å². The normalized spacial score (nSPS) is 9.75. The summed E-state index contributed by atoms with van der Waals surface area (Å²) in [5, 5.41) is 13.1. The van der Waals surface area contributed by atoms with Crippen LogP contribution in [0.4, 0.5) is 5.69 Å².